The molecule has 158 valence electrons. The number of rotatable bonds is 5. The zero-order chi connectivity index (χ0) is 21.7. The van der Waals surface area contributed by atoms with E-state index in [1.54, 1.807) is 35.8 Å². The number of aryl methyl sites for hydroxylation is 1. The van der Waals surface area contributed by atoms with Crippen LogP contribution in [0.25, 0.3) is 11.7 Å². The van der Waals surface area contributed by atoms with E-state index in [1.165, 1.54) is 6.07 Å². The molecule has 31 heavy (non-hydrogen) atoms. The number of hydrogen-bond donors (Lipinski definition) is 3. The fourth-order valence-corrected chi connectivity index (χ4v) is 3.58. The van der Waals surface area contributed by atoms with Crippen LogP contribution in [0.1, 0.15) is 30.4 Å². The summed E-state index contributed by atoms with van der Waals surface area (Å²) in [5, 5.41) is 13.5. The number of benzene rings is 1. The van der Waals surface area contributed by atoms with E-state index in [-0.39, 0.29) is 23.2 Å². The van der Waals surface area contributed by atoms with Gasteiger partial charge in [0.05, 0.1) is 23.3 Å². The normalized spacial score (nSPS) is 17.5. The van der Waals surface area contributed by atoms with Gasteiger partial charge < -0.3 is 10.6 Å². The van der Waals surface area contributed by atoms with Crippen LogP contribution in [0.3, 0.4) is 0 Å². The molecule has 0 radical (unpaired) electrons. The zero-order valence-corrected chi connectivity index (χ0v) is 17.3. The lowest BCUT2D eigenvalue weighted by Gasteiger charge is -2.13. The van der Waals surface area contributed by atoms with Crippen molar-refractivity contribution in [2.24, 2.45) is 0 Å². The summed E-state index contributed by atoms with van der Waals surface area (Å²) in [7, 11) is 0. The summed E-state index contributed by atoms with van der Waals surface area (Å²) >= 11 is 6.21. The number of carbonyl (C=O) groups is 2. The number of aromatic nitrogens is 3. The lowest BCUT2D eigenvalue weighted by atomic mass is 10.1. The molecule has 2 aromatic heterocycles. The van der Waals surface area contributed by atoms with Gasteiger partial charge in [0.1, 0.15) is 17.5 Å². The highest BCUT2D eigenvalue weighted by Gasteiger charge is 2.26. The van der Waals surface area contributed by atoms with Crippen LogP contribution in [0.5, 0.6) is 0 Å². The van der Waals surface area contributed by atoms with E-state index in [0.717, 1.165) is 18.7 Å². The summed E-state index contributed by atoms with van der Waals surface area (Å²) in [4.78, 5) is 28.1. The van der Waals surface area contributed by atoms with E-state index in [9.17, 15) is 14.0 Å². The first-order chi connectivity index (χ1) is 14.9. The Morgan fingerprint density at radius 3 is 2.81 bits per heavy atom. The van der Waals surface area contributed by atoms with Gasteiger partial charge in [0.25, 0.3) is 5.91 Å². The van der Waals surface area contributed by atoms with Gasteiger partial charge in [-0.3, -0.25) is 14.9 Å². The number of hydrogen-bond acceptors (Lipinski definition) is 6. The van der Waals surface area contributed by atoms with Gasteiger partial charge in [-0.05, 0) is 43.5 Å². The molecule has 1 saturated heterocycles. The predicted molar refractivity (Wildman–Crippen MR) is 115 cm³/mol. The first-order valence-corrected chi connectivity index (χ1v) is 10.2. The Morgan fingerprint density at radius 2 is 2.10 bits per heavy atom. The molecule has 2 amide bonds. The van der Waals surface area contributed by atoms with Crippen molar-refractivity contribution in [1.29, 1.82) is 0 Å². The van der Waals surface area contributed by atoms with Crippen LogP contribution in [0.2, 0.25) is 5.02 Å². The van der Waals surface area contributed by atoms with Crippen LogP contribution in [0, 0.1) is 12.7 Å². The molecular formula is C21H18ClFN6O2. The zero-order valence-electron chi connectivity index (χ0n) is 16.5. The molecule has 3 N–H and O–H groups in total. The second kappa shape index (κ2) is 7.35. The Morgan fingerprint density at radius 1 is 1.29 bits per heavy atom. The number of halogens is 2. The fraction of sp³-hybridized carbons (Fsp3) is 0.238. The molecule has 3 heterocycles. The highest BCUT2D eigenvalue weighted by molar-refractivity contribution is 6.33. The lowest BCUT2D eigenvalue weighted by molar-refractivity contribution is -0.124. The summed E-state index contributed by atoms with van der Waals surface area (Å²) in [6.45, 7) is 1.66. The fourth-order valence-electron chi connectivity index (χ4n) is 3.38. The predicted octanol–water partition coefficient (Wildman–Crippen LogP) is 3.58. The van der Waals surface area contributed by atoms with E-state index in [2.05, 4.69) is 26.0 Å². The number of anilines is 3. The number of nitrogens with one attached hydrogen (secondary N) is 3. The average molecular weight is 441 g/mol. The summed E-state index contributed by atoms with van der Waals surface area (Å²) in [5.41, 5.74) is 2.44. The summed E-state index contributed by atoms with van der Waals surface area (Å²) in [6.07, 6.45) is 5.37. The minimum absolute atomic E-state index is 0.0196. The second-order valence-electron chi connectivity index (χ2n) is 7.71. The highest BCUT2D eigenvalue weighted by Crippen LogP contribution is 2.31. The molecule has 8 nitrogen and oxygen atoms in total. The van der Waals surface area contributed by atoms with Crippen molar-refractivity contribution in [2.75, 3.05) is 10.6 Å². The molecular weight excluding hydrogens is 423 g/mol. The molecule has 0 atom stereocenters. The number of fused-ring (bicyclic) bond motifs is 1. The molecule has 1 saturated carbocycles. The van der Waals surface area contributed by atoms with Crippen molar-refractivity contribution in [2.45, 2.75) is 32.2 Å². The smallest absolute Gasteiger partial charge is 0.254 e. The van der Waals surface area contributed by atoms with Gasteiger partial charge in [-0.15, -0.1) is 0 Å². The van der Waals surface area contributed by atoms with Crippen LogP contribution in [0.15, 0.2) is 30.0 Å². The van der Waals surface area contributed by atoms with Crippen LogP contribution >= 0.6 is 11.6 Å². The minimum atomic E-state index is -0.413. The van der Waals surface area contributed by atoms with Gasteiger partial charge in [0.2, 0.25) is 5.91 Å². The molecule has 1 aliphatic heterocycles. The number of nitrogens with zero attached hydrogens (tertiary/aromatic N) is 3. The van der Waals surface area contributed by atoms with E-state index >= 15 is 0 Å². The van der Waals surface area contributed by atoms with Crippen molar-refractivity contribution >= 4 is 52.5 Å². The molecule has 1 aliphatic carbocycles. The molecule has 5 rings (SSSR count). The molecule has 2 fully saturated rings. The largest absolute Gasteiger partial charge is 0.367 e. The third-order valence-electron chi connectivity index (χ3n) is 5.16. The maximum absolute atomic E-state index is 13.8. The minimum Gasteiger partial charge on any atom is -0.367 e. The number of imide groups is 1. The molecule has 10 heteroatoms. The van der Waals surface area contributed by atoms with Gasteiger partial charge in [-0.25, -0.2) is 9.37 Å². The Bertz CT molecular complexity index is 1280. The topological polar surface area (TPSA) is 100 Å². The summed E-state index contributed by atoms with van der Waals surface area (Å²) in [5.74, 6) is 0.0744. The van der Waals surface area contributed by atoms with Gasteiger partial charge in [0, 0.05) is 23.2 Å². The van der Waals surface area contributed by atoms with E-state index in [4.69, 9.17) is 11.6 Å². The molecule has 0 bridgehead atoms. The highest BCUT2D eigenvalue weighted by atomic mass is 35.5. The van der Waals surface area contributed by atoms with Crippen molar-refractivity contribution in [3.63, 3.8) is 0 Å². The van der Waals surface area contributed by atoms with E-state index < -0.39 is 5.91 Å². The van der Waals surface area contributed by atoms with Crippen molar-refractivity contribution in [1.82, 2.24) is 19.9 Å². The molecule has 0 unspecified atom stereocenters. The summed E-state index contributed by atoms with van der Waals surface area (Å²) in [6, 6.07) is 5.03. The first-order valence-electron chi connectivity index (χ1n) is 9.80. The maximum Gasteiger partial charge on any atom is 0.254 e. The maximum atomic E-state index is 13.8. The SMILES string of the molecule is Cc1cc(Nc2cc(NC3CC3)n3ncc(/C=C4\CC(=O)NC4=O)c3n2)c(Cl)cc1F. The number of amides is 2. The molecule has 1 aromatic carbocycles. The Kier molecular flexibility index (Phi) is 4.62. The third kappa shape index (κ3) is 3.84. The standard InChI is InChI=1S/C21H18ClFN6O2/c1-10-4-16(14(22)7-15(10)23)26-17-8-18(25-13-2-3-13)29-20(27-17)12(9-24-29)5-11-6-19(30)28-21(11)31/h4-5,7-9,13,25H,2-3,6H2,1H3,(H,26,27)(H,28,30,31)/b11-5+. The first kappa shape index (κ1) is 19.5. The number of carbonyl (C=O) groups excluding carboxylic acids is 2. The van der Waals surface area contributed by atoms with Gasteiger partial charge in [0.15, 0.2) is 5.65 Å². The van der Waals surface area contributed by atoms with E-state index in [0.29, 0.717) is 39.9 Å². The monoisotopic (exact) mass is 440 g/mol. The third-order valence-corrected chi connectivity index (χ3v) is 5.48. The molecule has 0 spiro atoms. The van der Waals surface area contributed by atoms with Crippen LogP contribution in [-0.4, -0.2) is 32.5 Å². The lowest BCUT2D eigenvalue weighted by Crippen LogP contribution is -2.19. The van der Waals surface area contributed by atoms with Crippen LogP contribution < -0.4 is 16.0 Å². The van der Waals surface area contributed by atoms with Crippen LogP contribution in [0.4, 0.5) is 21.7 Å². The van der Waals surface area contributed by atoms with Gasteiger partial charge in [-0.2, -0.15) is 9.61 Å². The molecule has 2 aliphatic rings. The Hall–Kier alpha value is -3.46. The van der Waals surface area contributed by atoms with Gasteiger partial charge >= 0.3 is 0 Å². The van der Waals surface area contributed by atoms with Crippen molar-refractivity contribution in [3.05, 3.63) is 51.9 Å². The van der Waals surface area contributed by atoms with Crippen LogP contribution in [-0.2, 0) is 9.59 Å². The Labute approximate surface area is 181 Å². The molecule has 3 aromatic rings. The van der Waals surface area contributed by atoms with Crippen molar-refractivity contribution < 1.29 is 14.0 Å². The Balaban J connectivity index is 1.58. The van der Waals surface area contributed by atoms with Crippen molar-refractivity contribution in [3.8, 4) is 0 Å². The quantitative estimate of drug-likeness (QED) is 0.414. The second-order valence-corrected chi connectivity index (χ2v) is 8.12. The van der Waals surface area contributed by atoms with E-state index in [1.807, 2.05) is 0 Å². The summed E-state index contributed by atoms with van der Waals surface area (Å²) < 4.78 is 15.4. The average Bonchev–Trinajstić information content (AvgIpc) is 3.35. The van der Waals surface area contributed by atoms with Gasteiger partial charge in [-0.1, -0.05) is 11.6 Å².